The van der Waals surface area contributed by atoms with Crippen molar-refractivity contribution < 1.29 is 14.6 Å². The second-order valence-corrected chi connectivity index (χ2v) is 4.80. The van der Waals surface area contributed by atoms with Gasteiger partial charge in [0.15, 0.2) is 5.69 Å². The van der Waals surface area contributed by atoms with Gasteiger partial charge in [-0.05, 0) is 25.0 Å². The first-order valence-electron chi connectivity index (χ1n) is 6.03. The molecule has 0 amide bonds. The molecule has 5 heteroatoms. The molecule has 1 N–H and O–H groups in total. The predicted molar refractivity (Wildman–Crippen MR) is 69.4 cm³/mol. The first-order valence-corrected chi connectivity index (χ1v) is 6.03. The largest absolute Gasteiger partial charge is 0.488 e. The smallest absolute Gasteiger partial charge is 0.356 e. The lowest BCUT2D eigenvalue weighted by Gasteiger charge is -2.22. The SMILES string of the molecule is Cc1ccc(C)c2c1OCc1c(C(=O)O)nn(C)c1-2. The molecule has 1 aromatic heterocycles. The van der Waals surface area contributed by atoms with Gasteiger partial charge in [-0.25, -0.2) is 4.79 Å². The summed E-state index contributed by atoms with van der Waals surface area (Å²) in [6.07, 6.45) is 0. The molecule has 2 heterocycles. The van der Waals surface area contributed by atoms with Crippen LogP contribution in [0.1, 0.15) is 27.2 Å². The molecular weight excluding hydrogens is 244 g/mol. The molecule has 0 radical (unpaired) electrons. The van der Waals surface area contributed by atoms with Crippen molar-refractivity contribution in [3.63, 3.8) is 0 Å². The number of fused-ring (bicyclic) bond motifs is 3. The van der Waals surface area contributed by atoms with Gasteiger partial charge in [0.1, 0.15) is 12.4 Å². The van der Waals surface area contributed by atoms with Crippen molar-refractivity contribution in [1.82, 2.24) is 9.78 Å². The number of aromatic nitrogens is 2. The number of aryl methyl sites for hydroxylation is 3. The minimum absolute atomic E-state index is 0.0732. The van der Waals surface area contributed by atoms with Crippen molar-refractivity contribution >= 4 is 5.97 Å². The Morgan fingerprint density at radius 2 is 2.05 bits per heavy atom. The maximum atomic E-state index is 11.2. The molecule has 19 heavy (non-hydrogen) atoms. The Labute approximate surface area is 110 Å². The highest BCUT2D eigenvalue weighted by Gasteiger charge is 2.29. The molecule has 1 aromatic carbocycles. The highest BCUT2D eigenvalue weighted by Crippen LogP contribution is 2.42. The van der Waals surface area contributed by atoms with Crippen LogP contribution >= 0.6 is 0 Å². The van der Waals surface area contributed by atoms with Gasteiger partial charge in [0.25, 0.3) is 0 Å². The number of nitrogens with zero attached hydrogens (tertiary/aromatic N) is 2. The molecule has 0 atom stereocenters. The average molecular weight is 258 g/mol. The predicted octanol–water partition coefficient (Wildman–Crippen LogP) is 2.29. The van der Waals surface area contributed by atoms with E-state index in [1.54, 1.807) is 11.7 Å². The molecule has 0 bridgehead atoms. The zero-order chi connectivity index (χ0) is 13.7. The number of hydrogen-bond acceptors (Lipinski definition) is 3. The lowest BCUT2D eigenvalue weighted by Crippen LogP contribution is -2.11. The molecule has 0 aliphatic carbocycles. The van der Waals surface area contributed by atoms with Gasteiger partial charge in [-0.3, -0.25) is 4.68 Å². The number of benzene rings is 1. The van der Waals surface area contributed by atoms with Crippen LogP contribution < -0.4 is 4.74 Å². The van der Waals surface area contributed by atoms with Crippen LogP contribution in [0.2, 0.25) is 0 Å². The van der Waals surface area contributed by atoms with Crippen molar-refractivity contribution in [3.8, 4) is 17.0 Å². The summed E-state index contributed by atoms with van der Waals surface area (Å²) in [4.78, 5) is 11.2. The Morgan fingerprint density at radius 1 is 1.37 bits per heavy atom. The Kier molecular flexibility index (Phi) is 2.38. The first-order chi connectivity index (χ1) is 9.00. The van der Waals surface area contributed by atoms with Crippen LogP contribution in [0, 0.1) is 13.8 Å². The summed E-state index contributed by atoms with van der Waals surface area (Å²) in [6.45, 7) is 4.23. The van der Waals surface area contributed by atoms with E-state index in [-0.39, 0.29) is 12.3 Å². The third kappa shape index (κ3) is 1.54. The molecule has 0 unspecified atom stereocenters. The fourth-order valence-corrected chi connectivity index (χ4v) is 2.60. The summed E-state index contributed by atoms with van der Waals surface area (Å²) in [5, 5.41) is 13.3. The van der Waals surface area contributed by atoms with E-state index in [1.807, 2.05) is 26.0 Å². The molecule has 0 saturated heterocycles. The number of hydrogen-bond donors (Lipinski definition) is 1. The topological polar surface area (TPSA) is 64.3 Å². The lowest BCUT2D eigenvalue weighted by molar-refractivity contribution is 0.0686. The normalized spacial score (nSPS) is 12.6. The molecule has 2 aromatic rings. The Balaban J connectivity index is 2.36. The highest BCUT2D eigenvalue weighted by molar-refractivity contribution is 5.91. The van der Waals surface area contributed by atoms with Gasteiger partial charge in [-0.15, -0.1) is 0 Å². The van der Waals surface area contributed by atoms with E-state index < -0.39 is 5.97 Å². The number of carboxylic acids is 1. The first kappa shape index (κ1) is 11.8. The monoisotopic (exact) mass is 258 g/mol. The Morgan fingerprint density at radius 3 is 2.74 bits per heavy atom. The second-order valence-electron chi connectivity index (χ2n) is 4.80. The number of carboxylic acid groups (broad SMARTS) is 1. The summed E-state index contributed by atoms with van der Waals surface area (Å²) in [5.41, 5.74) is 4.62. The average Bonchev–Trinajstić information content (AvgIpc) is 2.71. The van der Waals surface area contributed by atoms with E-state index in [0.29, 0.717) is 5.56 Å². The maximum Gasteiger partial charge on any atom is 0.356 e. The van der Waals surface area contributed by atoms with E-state index in [4.69, 9.17) is 4.74 Å². The van der Waals surface area contributed by atoms with E-state index in [9.17, 15) is 9.90 Å². The minimum Gasteiger partial charge on any atom is -0.488 e. The van der Waals surface area contributed by atoms with Crippen molar-refractivity contribution in [2.75, 3.05) is 0 Å². The molecular formula is C14H14N2O3. The molecule has 0 saturated carbocycles. The third-order valence-corrected chi connectivity index (χ3v) is 3.51. The van der Waals surface area contributed by atoms with Crippen LogP contribution in [0.15, 0.2) is 12.1 Å². The summed E-state index contributed by atoms with van der Waals surface area (Å²) in [5.74, 6) is -0.193. The van der Waals surface area contributed by atoms with Crippen molar-refractivity contribution in [1.29, 1.82) is 0 Å². The second kappa shape index (κ2) is 3.85. The quantitative estimate of drug-likeness (QED) is 0.852. The highest BCUT2D eigenvalue weighted by atomic mass is 16.5. The standard InChI is InChI=1S/C14H14N2O3/c1-7-4-5-8(2)13-10(7)12-9(6-19-13)11(14(17)18)15-16(12)3/h4-5H,6H2,1-3H3,(H,17,18). The molecule has 3 rings (SSSR count). The van der Waals surface area contributed by atoms with E-state index >= 15 is 0 Å². The molecule has 0 fully saturated rings. The van der Waals surface area contributed by atoms with Gasteiger partial charge >= 0.3 is 5.97 Å². The van der Waals surface area contributed by atoms with E-state index in [1.165, 1.54) is 0 Å². The Hall–Kier alpha value is -2.30. The Bertz CT molecular complexity index is 701. The number of ether oxygens (including phenoxy) is 1. The third-order valence-electron chi connectivity index (χ3n) is 3.51. The van der Waals surface area contributed by atoms with Crippen LogP contribution in [-0.4, -0.2) is 20.9 Å². The molecule has 0 spiro atoms. The maximum absolute atomic E-state index is 11.2. The van der Waals surface area contributed by atoms with Crippen LogP contribution in [0.25, 0.3) is 11.3 Å². The molecule has 1 aliphatic rings. The summed E-state index contributed by atoms with van der Waals surface area (Å²) in [7, 11) is 1.77. The minimum atomic E-state index is -1.02. The zero-order valence-electron chi connectivity index (χ0n) is 11.0. The van der Waals surface area contributed by atoms with Gasteiger partial charge < -0.3 is 9.84 Å². The van der Waals surface area contributed by atoms with Crippen LogP contribution in [0.3, 0.4) is 0 Å². The molecule has 98 valence electrons. The van der Waals surface area contributed by atoms with Gasteiger partial charge in [-0.1, -0.05) is 12.1 Å². The summed E-state index contributed by atoms with van der Waals surface area (Å²) < 4.78 is 7.38. The molecule has 5 nitrogen and oxygen atoms in total. The van der Waals surface area contributed by atoms with Crippen LogP contribution in [0.4, 0.5) is 0 Å². The van der Waals surface area contributed by atoms with Gasteiger partial charge in [0, 0.05) is 12.6 Å². The van der Waals surface area contributed by atoms with Gasteiger partial charge in [0.2, 0.25) is 0 Å². The van der Waals surface area contributed by atoms with Crippen molar-refractivity contribution in [2.24, 2.45) is 7.05 Å². The van der Waals surface area contributed by atoms with E-state index in [0.717, 1.165) is 28.1 Å². The summed E-state index contributed by atoms with van der Waals surface area (Å²) >= 11 is 0. The fourth-order valence-electron chi connectivity index (χ4n) is 2.60. The van der Waals surface area contributed by atoms with Crippen molar-refractivity contribution in [3.05, 3.63) is 34.5 Å². The molecule has 1 aliphatic heterocycles. The van der Waals surface area contributed by atoms with Crippen LogP contribution in [0.5, 0.6) is 5.75 Å². The van der Waals surface area contributed by atoms with Crippen molar-refractivity contribution in [2.45, 2.75) is 20.5 Å². The van der Waals surface area contributed by atoms with Gasteiger partial charge in [0.05, 0.1) is 11.3 Å². The number of carbonyl (C=O) groups is 1. The van der Waals surface area contributed by atoms with Crippen LogP contribution in [-0.2, 0) is 13.7 Å². The van der Waals surface area contributed by atoms with E-state index in [2.05, 4.69) is 5.10 Å². The number of rotatable bonds is 1. The lowest BCUT2D eigenvalue weighted by atomic mass is 9.95. The fraction of sp³-hybridized carbons (Fsp3) is 0.286. The summed E-state index contributed by atoms with van der Waals surface area (Å²) in [6, 6.07) is 4.02. The number of aromatic carboxylic acids is 1. The van der Waals surface area contributed by atoms with Gasteiger partial charge in [-0.2, -0.15) is 5.10 Å². The zero-order valence-corrected chi connectivity index (χ0v) is 11.0.